The van der Waals surface area contributed by atoms with E-state index in [0.717, 1.165) is 17.1 Å². The van der Waals surface area contributed by atoms with Crippen molar-refractivity contribution >= 4 is 93.8 Å². The first-order valence-electron chi connectivity index (χ1n) is 45.4. The Morgan fingerprint density at radius 1 is 0.564 bits per heavy atom. The number of esters is 3. The van der Waals surface area contributed by atoms with Gasteiger partial charge in [-0.25, -0.2) is 14.2 Å². The lowest BCUT2D eigenvalue weighted by molar-refractivity contribution is -0.172. The van der Waals surface area contributed by atoms with Crippen LogP contribution in [-0.4, -0.2) is 314 Å². The lowest BCUT2D eigenvalue weighted by atomic mass is 9.81. The van der Waals surface area contributed by atoms with Crippen LogP contribution in [0.3, 0.4) is 0 Å². The maximum absolute atomic E-state index is 15.7. The number of imide groups is 1. The second-order valence-corrected chi connectivity index (χ2v) is 34.4. The summed E-state index contributed by atoms with van der Waals surface area (Å²) in [5.74, 6) is -10.2. The molecule has 0 spiro atoms. The molecule has 0 fully saturated rings. The van der Waals surface area contributed by atoms with E-state index in [9.17, 15) is 77.0 Å². The number of amides is 11. The summed E-state index contributed by atoms with van der Waals surface area (Å²) in [5, 5.41) is 33.6. The van der Waals surface area contributed by atoms with E-state index < -0.39 is 160 Å². The Hall–Kier alpha value is -10.4. The Morgan fingerprint density at radius 3 is 1.56 bits per heavy atom. The summed E-state index contributed by atoms with van der Waals surface area (Å²) in [6, 6.07) is -4.72. The zero-order valence-corrected chi connectivity index (χ0v) is 78.6. The number of halogens is 1. The molecule has 740 valence electrons. The summed E-state index contributed by atoms with van der Waals surface area (Å²) < 4.78 is 87.5. The van der Waals surface area contributed by atoms with Crippen molar-refractivity contribution in [3.8, 4) is 11.4 Å². The van der Waals surface area contributed by atoms with Gasteiger partial charge in [0.1, 0.15) is 60.4 Å². The van der Waals surface area contributed by atoms with Crippen LogP contribution in [0.2, 0.25) is 0 Å². The third kappa shape index (κ3) is 36.1. The van der Waals surface area contributed by atoms with Gasteiger partial charge in [0, 0.05) is 93.8 Å². The second kappa shape index (κ2) is 55.4. The van der Waals surface area contributed by atoms with E-state index in [4.69, 9.17) is 66.6 Å². The first-order valence-corrected chi connectivity index (χ1v) is 45.4. The minimum atomic E-state index is -2.13. The van der Waals surface area contributed by atoms with Crippen LogP contribution in [0, 0.1) is 12.7 Å². The number of ether oxygens (including phenoxy) is 13. The van der Waals surface area contributed by atoms with Gasteiger partial charge in [0.2, 0.25) is 53.2 Å². The first kappa shape index (κ1) is 110. The topological polar surface area (TPSA) is 517 Å². The summed E-state index contributed by atoms with van der Waals surface area (Å²) in [6.07, 6.45) is 1.53. The van der Waals surface area contributed by atoms with Crippen molar-refractivity contribution < 1.29 is 138 Å². The quantitative estimate of drug-likeness (QED) is 0.0132. The zero-order valence-electron chi connectivity index (χ0n) is 78.6. The van der Waals surface area contributed by atoms with Crippen molar-refractivity contribution in [2.24, 2.45) is 0 Å². The second-order valence-electron chi connectivity index (χ2n) is 34.4. The van der Waals surface area contributed by atoms with E-state index in [1.165, 1.54) is 42.4 Å². The fourth-order valence-corrected chi connectivity index (χ4v) is 14.7. The molecular formula is C91H135FN12O29. The van der Waals surface area contributed by atoms with E-state index in [1.54, 1.807) is 62.5 Å². The number of rotatable bonds is 63. The van der Waals surface area contributed by atoms with Crippen LogP contribution in [0.5, 0.6) is 0 Å². The molecule has 11 amide bonds. The number of benzene rings is 1. The fraction of sp³-hybridized carbons (Fsp3) is 0.670. The molecule has 41 nitrogen and oxygen atoms in total. The van der Waals surface area contributed by atoms with Gasteiger partial charge in [-0.3, -0.25) is 72.0 Å². The average Bonchev–Trinajstić information content (AvgIpc) is 1.57. The monoisotopic (exact) mass is 1880 g/mol. The van der Waals surface area contributed by atoms with Crippen molar-refractivity contribution in [1.82, 2.24) is 61.9 Å². The predicted octanol–water partition coefficient (Wildman–Crippen LogP) is 1.87. The Morgan fingerprint density at radius 2 is 1.05 bits per heavy atom. The van der Waals surface area contributed by atoms with E-state index in [2.05, 4.69) is 42.5 Å². The number of pyridine rings is 2. The van der Waals surface area contributed by atoms with Crippen molar-refractivity contribution in [3.63, 3.8) is 0 Å². The third-order valence-electron chi connectivity index (χ3n) is 21.7. The number of hydrogen-bond acceptors (Lipinski definition) is 30. The average molecular weight is 1880 g/mol. The van der Waals surface area contributed by atoms with Gasteiger partial charge >= 0.3 is 17.9 Å². The highest BCUT2D eigenvalue weighted by Gasteiger charge is 2.47. The van der Waals surface area contributed by atoms with E-state index in [0.29, 0.717) is 146 Å². The number of aliphatic hydroxyl groups is 1. The number of methoxy groups -OCH3 is 1. The molecule has 0 saturated carbocycles. The highest BCUT2D eigenvalue weighted by molar-refractivity contribution is 6.13. The lowest BCUT2D eigenvalue weighted by Crippen LogP contribution is -2.56. The standard InChI is InChI=1S/C91H135FN12O29/c1-13-91(120)64-52-70-81-62(54-104(70)87(118)63(64)55-131-88(91)119)80-66(22-21-61-57(2)65(92)53-69(100-81)79(61)80)101-84(115)60(5)96-82(113)58(3)95-83(114)59(4)97-86(117)68(23-24-74(108)102(32-27-77(111)132-89(6,7)8)33-28-78(112)133-90(9,10)11)99-71(105)19-16-30-94-85(116)67(98-72(106)20-17-31-103-75(109)25-26-76(103)110)18-14-15-29-93-73(107)56-130-51-50-129-49-48-128-47-46-127-45-44-126-43-42-125-41-40-124-39-38-123-37-36-122-35-34-121-12/h25-26,52-53,58-60,66-68,120H,13-24,27-51,54-56H2,1-12H3,(H,93,107)(H,94,116)(H,95,114)(H,96,113)(H,97,117)(H,98,106)(H,99,105)(H,101,115)/t58-,59-,60-,66-,67-,68-,91-/m0/s1. The maximum Gasteiger partial charge on any atom is 0.343 e. The van der Waals surface area contributed by atoms with Crippen molar-refractivity contribution in [1.29, 1.82) is 0 Å². The van der Waals surface area contributed by atoms with Gasteiger partial charge in [-0.15, -0.1) is 0 Å². The third-order valence-corrected chi connectivity index (χ3v) is 21.7. The number of carbonyl (C=O) groups excluding carboxylic acids is 14. The summed E-state index contributed by atoms with van der Waals surface area (Å²) in [5.41, 5.74) is -1.35. The van der Waals surface area contributed by atoms with Gasteiger partial charge in [0.25, 0.3) is 17.4 Å². The molecule has 9 N–H and O–H groups in total. The molecule has 4 aliphatic rings. The number of aryl methyl sites for hydroxylation is 1. The number of cyclic esters (lactones) is 1. The number of nitrogens with zero attached hydrogens (tertiary/aromatic N) is 4. The van der Waals surface area contributed by atoms with Gasteiger partial charge in [-0.05, 0) is 150 Å². The van der Waals surface area contributed by atoms with Crippen LogP contribution >= 0.6 is 0 Å². The van der Waals surface area contributed by atoms with E-state index in [-0.39, 0.29) is 158 Å². The zero-order chi connectivity index (χ0) is 97.4. The fourth-order valence-electron chi connectivity index (χ4n) is 14.7. The van der Waals surface area contributed by atoms with Crippen LogP contribution in [0.15, 0.2) is 29.1 Å². The molecular weight excluding hydrogens is 1740 g/mol. The van der Waals surface area contributed by atoms with Crippen molar-refractivity contribution in [2.45, 2.75) is 232 Å². The molecule has 3 aliphatic heterocycles. The largest absolute Gasteiger partial charge is 0.460 e. The maximum atomic E-state index is 15.7. The summed E-state index contributed by atoms with van der Waals surface area (Å²) in [6.45, 7) is 23.2. The van der Waals surface area contributed by atoms with Gasteiger partial charge in [0.15, 0.2) is 5.60 Å². The normalized spacial score (nSPS) is 16.0. The Kier molecular flexibility index (Phi) is 45.7. The van der Waals surface area contributed by atoms with Crippen LogP contribution in [0.1, 0.15) is 192 Å². The number of carbonyl (C=O) groups is 14. The summed E-state index contributed by atoms with van der Waals surface area (Å²) in [4.78, 5) is 209. The molecule has 1 aliphatic carbocycles. The molecule has 3 aromatic rings. The molecule has 2 aromatic heterocycles. The molecule has 5 heterocycles. The predicted molar refractivity (Wildman–Crippen MR) is 475 cm³/mol. The minimum Gasteiger partial charge on any atom is -0.460 e. The highest BCUT2D eigenvalue weighted by atomic mass is 19.1. The molecule has 7 atom stereocenters. The molecule has 0 unspecified atom stereocenters. The molecule has 42 heteroatoms. The van der Waals surface area contributed by atoms with Gasteiger partial charge in [-0.2, -0.15) is 0 Å². The van der Waals surface area contributed by atoms with Crippen LogP contribution in [0.4, 0.5) is 4.39 Å². The number of hydrogen-bond donors (Lipinski definition) is 9. The molecule has 7 rings (SSSR count). The molecule has 0 bridgehead atoms. The van der Waals surface area contributed by atoms with Crippen LogP contribution in [-0.2, 0) is 154 Å². The SMILES string of the molecule is CC[C@@]1(O)C(=O)OCc2c1cc1n(c2=O)Cc2c-1nc1cc(F)c(C)c3c1c2[C@@H](NC(=O)[C@H](C)NC(=O)[C@H](C)NC(=O)[C@H](C)NC(=O)[C@H](CCC(=O)N(CCC(=O)OC(C)(C)C)CCC(=O)OC(C)(C)C)NC(=O)CCCNC(=O)[C@H](CCCCNC(=O)COCCOCCOCCOCCOCCOCCOCCOCCOCCOC)NC(=O)CCCN1C(=O)C=CC1=O)CC3. The number of aromatic nitrogens is 2. The van der Waals surface area contributed by atoms with Crippen LogP contribution < -0.4 is 48.1 Å². The highest BCUT2D eigenvalue weighted by Crippen LogP contribution is 2.46. The first-order chi connectivity index (χ1) is 63.3. The van der Waals surface area contributed by atoms with E-state index in [1.807, 2.05) is 0 Å². The Bertz CT molecular complexity index is 4520. The lowest BCUT2D eigenvalue weighted by Gasteiger charge is -2.31. The summed E-state index contributed by atoms with van der Waals surface area (Å²) in [7, 11) is 1.62. The molecule has 0 radical (unpaired) electrons. The number of nitrogens with one attached hydrogen (secondary N) is 8. The van der Waals surface area contributed by atoms with Crippen LogP contribution in [0.25, 0.3) is 22.3 Å². The Balaban J connectivity index is 0.886. The number of unbranched alkanes of at least 4 members (excludes halogenated alkanes) is 1. The Labute approximate surface area is 773 Å². The van der Waals surface area contributed by atoms with Gasteiger partial charge in [0.05, 0.1) is 167 Å². The van der Waals surface area contributed by atoms with Crippen molar-refractivity contribution in [2.75, 3.05) is 165 Å². The minimum absolute atomic E-state index is 0.0345. The van der Waals surface area contributed by atoms with Crippen molar-refractivity contribution in [3.05, 3.63) is 73.8 Å². The smallest absolute Gasteiger partial charge is 0.343 e. The van der Waals surface area contributed by atoms with Gasteiger partial charge < -0.3 is 119 Å². The molecule has 0 saturated heterocycles. The molecule has 133 heavy (non-hydrogen) atoms. The van der Waals surface area contributed by atoms with E-state index >= 15 is 4.39 Å². The molecule has 1 aromatic carbocycles. The summed E-state index contributed by atoms with van der Waals surface area (Å²) >= 11 is 0. The number of fused-ring (bicyclic) bond motifs is 5. The van der Waals surface area contributed by atoms with Gasteiger partial charge in [-0.1, -0.05) is 6.92 Å².